The monoisotopic (exact) mass is 441 g/mol. The zero-order valence-corrected chi connectivity index (χ0v) is 16.9. The molecule has 1 atom stereocenters. The third kappa shape index (κ3) is 3.92. The van der Waals surface area contributed by atoms with Gasteiger partial charge in [-0.25, -0.2) is 0 Å². The molecule has 7 heteroatoms. The molecule has 2 amide bonds. The van der Waals surface area contributed by atoms with Gasteiger partial charge in [-0.3, -0.25) is 14.5 Å². The van der Waals surface area contributed by atoms with Crippen molar-refractivity contribution in [2.24, 2.45) is 5.73 Å². The van der Waals surface area contributed by atoms with Gasteiger partial charge in [0.2, 0.25) is 5.91 Å². The maximum absolute atomic E-state index is 13.2. The molecule has 2 aromatic rings. The predicted octanol–water partition coefficient (Wildman–Crippen LogP) is 3.67. The number of carbonyl (C=O) groups is 2. The molecule has 1 heterocycles. The second kappa shape index (κ2) is 7.99. The minimum atomic E-state index is -0.841. The lowest BCUT2D eigenvalue weighted by atomic mass is 10.0. The lowest BCUT2D eigenvalue weighted by Gasteiger charge is -2.18. The summed E-state index contributed by atoms with van der Waals surface area (Å²) in [7, 11) is 0. The van der Waals surface area contributed by atoms with Crippen LogP contribution in [0.25, 0.3) is 0 Å². The molecule has 1 aliphatic heterocycles. The second-order valence-electron chi connectivity index (χ2n) is 6.04. The van der Waals surface area contributed by atoms with E-state index in [1.165, 1.54) is 16.7 Å². The van der Waals surface area contributed by atoms with Crippen molar-refractivity contribution in [2.75, 3.05) is 4.90 Å². The number of benzene rings is 2. The van der Waals surface area contributed by atoms with E-state index in [2.05, 4.69) is 15.9 Å². The number of aryl methyl sites for hydroxylation is 1. The van der Waals surface area contributed by atoms with E-state index >= 15 is 0 Å². The first-order chi connectivity index (χ1) is 12.9. The third-order valence-electron chi connectivity index (χ3n) is 4.28. The number of anilines is 1. The molecule has 5 nitrogen and oxygen atoms in total. The fourth-order valence-corrected chi connectivity index (χ4v) is 4.43. The second-order valence-corrected chi connectivity index (χ2v) is 8.15. The van der Waals surface area contributed by atoms with Crippen molar-refractivity contribution >= 4 is 45.2 Å². The van der Waals surface area contributed by atoms with E-state index in [-0.39, 0.29) is 16.5 Å². The maximum atomic E-state index is 13.2. The largest absolute Gasteiger partial charge is 0.365 e. The fraction of sp³-hybridized carbons (Fsp3) is 0.150. The van der Waals surface area contributed by atoms with E-state index in [0.29, 0.717) is 12.1 Å². The Kier molecular flexibility index (Phi) is 5.68. The van der Waals surface area contributed by atoms with Crippen LogP contribution in [0.5, 0.6) is 0 Å². The summed E-state index contributed by atoms with van der Waals surface area (Å²) in [5, 5.41) is 9.25. The Labute approximate surface area is 170 Å². The van der Waals surface area contributed by atoms with Gasteiger partial charge in [0.15, 0.2) is 0 Å². The highest BCUT2D eigenvalue weighted by molar-refractivity contribution is 9.10. The van der Waals surface area contributed by atoms with Gasteiger partial charge in [-0.1, -0.05) is 52.0 Å². The average molecular weight is 442 g/mol. The molecular formula is C20H16BrN3O2S. The Morgan fingerprint density at radius 2 is 1.93 bits per heavy atom. The summed E-state index contributed by atoms with van der Waals surface area (Å²) in [6, 6.07) is 16.8. The van der Waals surface area contributed by atoms with Crippen LogP contribution >= 0.6 is 27.7 Å². The van der Waals surface area contributed by atoms with Crippen LogP contribution in [0, 0.1) is 18.3 Å². The summed E-state index contributed by atoms with van der Waals surface area (Å²) in [6.45, 7) is 1.99. The summed E-state index contributed by atoms with van der Waals surface area (Å²) in [5.74, 6) is -1.01. The molecule has 0 aliphatic carbocycles. The number of hydrogen-bond acceptors (Lipinski definition) is 4. The number of amides is 2. The number of hydrogen-bond donors (Lipinski definition) is 1. The van der Waals surface area contributed by atoms with Gasteiger partial charge in [-0.05, 0) is 48.7 Å². The molecule has 1 saturated heterocycles. The molecule has 0 spiro atoms. The van der Waals surface area contributed by atoms with E-state index in [9.17, 15) is 14.9 Å². The fourth-order valence-electron chi connectivity index (χ4n) is 2.86. The van der Waals surface area contributed by atoms with Crippen LogP contribution in [0.15, 0.2) is 63.6 Å². The molecule has 1 unspecified atom stereocenters. The zero-order valence-electron chi connectivity index (χ0n) is 14.5. The standard InChI is InChI=1S/C20H16BrN3O2S/c1-12-4-2-3-5-13(12)10-17-19(26)24(15-8-6-14(21)7-9-15)20(27-17)16(11-22)18(23)25/h2-9,17H,10H2,1H3,(H2,23,25)/b20-16-. The van der Waals surface area contributed by atoms with E-state index in [1.807, 2.05) is 37.3 Å². The SMILES string of the molecule is Cc1ccccc1CC1S/C(=C(/C#N)C(N)=O)N(c2ccc(Br)cc2)C1=O. The molecule has 2 N–H and O–H groups in total. The number of nitrogens with zero attached hydrogens (tertiary/aromatic N) is 2. The number of nitrogens with two attached hydrogens (primary N) is 1. The summed E-state index contributed by atoms with van der Waals surface area (Å²) in [6.07, 6.45) is 0.504. The van der Waals surface area contributed by atoms with Gasteiger partial charge in [0.05, 0.1) is 5.25 Å². The summed E-state index contributed by atoms with van der Waals surface area (Å²) in [5.41, 5.74) is 7.91. The summed E-state index contributed by atoms with van der Waals surface area (Å²) >= 11 is 4.58. The van der Waals surface area contributed by atoms with Gasteiger partial charge in [-0.15, -0.1) is 0 Å². The van der Waals surface area contributed by atoms with Gasteiger partial charge < -0.3 is 5.73 Å². The molecule has 136 valence electrons. The highest BCUT2D eigenvalue weighted by Crippen LogP contribution is 2.42. The van der Waals surface area contributed by atoms with Crippen LogP contribution < -0.4 is 10.6 Å². The van der Waals surface area contributed by atoms with Crippen LogP contribution in [0.4, 0.5) is 5.69 Å². The molecule has 3 rings (SSSR count). The van der Waals surface area contributed by atoms with Crippen molar-refractivity contribution in [3.63, 3.8) is 0 Å². The lowest BCUT2D eigenvalue weighted by Crippen LogP contribution is -2.31. The van der Waals surface area contributed by atoms with Crippen LogP contribution in [0.3, 0.4) is 0 Å². The third-order valence-corrected chi connectivity index (χ3v) is 6.07. The normalized spacial score (nSPS) is 18.3. The first kappa shape index (κ1) is 19.2. The van der Waals surface area contributed by atoms with Crippen molar-refractivity contribution < 1.29 is 9.59 Å². The Bertz CT molecular complexity index is 979. The maximum Gasteiger partial charge on any atom is 0.262 e. The molecule has 0 bridgehead atoms. The van der Waals surface area contributed by atoms with E-state index in [1.54, 1.807) is 24.3 Å². The van der Waals surface area contributed by atoms with Gasteiger partial charge >= 0.3 is 0 Å². The lowest BCUT2D eigenvalue weighted by molar-refractivity contribution is -0.117. The number of halogens is 1. The number of primary amides is 1. The van der Waals surface area contributed by atoms with Gasteiger partial charge in [0.1, 0.15) is 16.7 Å². The quantitative estimate of drug-likeness (QED) is 0.578. The number of nitriles is 1. The molecule has 1 fully saturated rings. The molecule has 0 saturated carbocycles. The van der Waals surface area contributed by atoms with Crippen molar-refractivity contribution in [1.82, 2.24) is 0 Å². The number of thioether (sulfide) groups is 1. The van der Waals surface area contributed by atoms with Crippen LogP contribution in [0.1, 0.15) is 11.1 Å². The number of carbonyl (C=O) groups excluding carboxylic acids is 2. The minimum absolute atomic E-state index is 0.172. The molecule has 2 aromatic carbocycles. The van der Waals surface area contributed by atoms with E-state index in [0.717, 1.165) is 15.6 Å². The van der Waals surface area contributed by atoms with Gasteiger partial charge in [-0.2, -0.15) is 5.26 Å². The Hall–Kier alpha value is -2.56. The predicted molar refractivity (Wildman–Crippen MR) is 110 cm³/mol. The van der Waals surface area contributed by atoms with Crippen molar-refractivity contribution in [2.45, 2.75) is 18.6 Å². The molecule has 1 aliphatic rings. The first-order valence-corrected chi connectivity index (χ1v) is 9.84. The zero-order chi connectivity index (χ0) is 19.6. The minimum Gasteiger partial charge on any atom is -0.365 e. The summed E-state index contributed by atoms with van der Waals surface area (Å²) < 4.78 is 0.864. The van der Waals surface area contributed by atoms with Crippen LogP contribution in [-0.2, 0) is 16.0 Å². The first-order valence-electron chi connectivity index (χ1n) is 8.17. The Balaban J connectivity index is 2.05. The molecule has 27 heavy (non-hydrogen) atoms. The van der Waals surface area contributed by atoms with Crippen molar-refractivity contribution in [3.05, 3.63) is 74.7 Å². The highest BCUT2D eigenvalue weighted by Gasteiger charge is 2.40. The number of rotatable bonds is 4. The molecule has 0 aromatic heterocycles. The Morgan fingerprint density at radius 1 is 1.26 bits per heavy atom. The Morgan fingerprint density at radius 3 is 2.52 bits per heavy atom. The van der Waals surface area contributed by atoms with Crippen molar-refractivity contribution in [3.8, 4) is 6.07 Å². The van der Waals surface area contributed by atoms with Crippen LogP contribution in [0.2, 0.25) is 0 Å². The topological polar surface area (TPSA) is 87.2 Å². The van der Waals surface area contributed by atoms with Gasteiger partial charge in [0.25, 0.3) is 5.91 Å². The van der Waals surface area contributed by atoms with Gasteiger partial charge in [0, 0.05) is 10.2 Å². The summed E-state index contributed by atoms with van der Waals surface area (Å²) in [4.78, 5) is 26.3. The van der Waals surface area contributed by atoms with E-state index in [4.69, 9.17) is 5.73 Å². The van der Waals surface area contributed by atoms with Crippen molar-refractivity contribution in [1.29, 1.82) is 5.26 Å². The van der Waals surface area contributed by atoms with E-state index < -0.39 is 11.2 Å². The average Bonchev–Trinajstić information content (AvgIpc) is 2.94. The smallest absolute Gasteiger partial charge is 0.262 e. The molecule has 0 radical (unpaired) electrons. The van der Waals surface area contributed by atoms with Crippen LogP contribution in [-0.4, -0.2) is 17.1 Å². The molecular weight excluding hydrogens is 426 g/mol. The highest BCUT2D eigenvalue weighted by atomic mass is 79.9.